The molecule has 0 aliphatic rings. The van der Waals surface area contributed by atoms with E-state index in [9.17, 15) is 4.39 Å². The van der Waals surface area contributed by atoms with E-state index in [0.717, 1.165) is 0 Å². The van der Waals surface area contributed by atoms with Gasteiger partial charge in [-0.3, -0.25) is 0 Å². The maximum atomic E-state index is 12.9. The highest BCUT2D eigenvalue weighted by Gasteiger charge is 2.16. The van der Waals surface area contributed by atoms with E-state index in [-0.39, 0.29) is 23.2 Å². The zero-order valence-corrected chi connectivity index (χ0v) is 10.7. The number of anilines is 2. The summed E-state index contributed by atoms with van der Waals surface area (Å²) in [6.45, 7) is 3.88. The van der Waals surface area contributed by atoms with E-state index in [0.29, 0.717) is 11.5 Å². The van der Waals surface area contributed by atoms with Crippen LogP contribution < -0.4 is 11.1 Å². The van der Waals surface area contributed by atoms with E-state index in [1.165, 1.54) is 16.8 Å². The van der Waals surface area contributed by atoms with Crippen LogP contribution in [0.25, 0.3) is 5.69 Å². The summed E-state index contributed by atoms with van der Waals surface area (Å²) >= 11 is 0. The first kappa shape index (κ1) is 12.9. The Kier molecular flexibility index (Phi) is 3.38. The van der Waals surface area contributed by atoms with Crippen molar-refractivity contribution >= 4 is 11.6 Å². The molecule has 1 aromatic carbocycles. The van der Waals surface area contributed by atoms with E-state index < -0.39 is 0 Å². The third-order valence-corrected chi connectivity index (χ3v) is 2.53. The minimum Gasteiger partial charge on any atom is -0.382 e. The number of nitriles is 1. The summed E-state index contributed by atoms with van der Waals surface area (Å²) in [5, 5.41) is 16.4. The molecule has 0 unspecified atom stereocenters. The minimum absolute atomic E-state index is 0.128. The molecule has 0 radical (unpaired) electrons. The monoisotopic (exact) mass is 259 g/mol. The maximum absolute atomic E-state index is 12.9. The molecule has 0 aliphatic heterocycles. The first-order valence-corrected chi connectivity index (χ1v) is 5.84. The Morgan fingerprint density at radius 1 is 1.37 bits per heavy atom. The molecule has 6 heteroatoms. The fourth-order valence-electron chi connectivity index (χ4n) is 1.69. The average molecular weight is 259 g/mol. The standard InChI is InChI=1S/C13H14FN5/c1-8(2)17-13-11(7-15)12(16)19(18-13)10-5-3-9(14)4-6-10/h3-6,8H,16H2,1-2H3,(H,17,18). The number of hydrogen-bond acceptors (Lipinski definition) is 4. The van der Waals surface area contributed by atoms with Gasteiger partial charge in [-0.05, 0) is 38.1 Å². The first-order chi connectivity index (χ1) is 9.02. The van der Waals surface area contributed by atoms with Gasteiger partial charge >= 0.3 is 0 Å². The van der Waals surface area contributed by atoms with Gasteiger partial charge in [-0.25, -0.2) is 9.07 Å². The number of nitrogens with two attached hydrogens (primary N) is 1. The molecule has 0 fully saturated rings. The molecule has 1 heterocycles. The van der Waals surface area contributed by atoms with Crippen molar-refractivity contribution in [2.75, 3.05) is 11.1 Å². The van der Waals surface area contributed by atoms with Gasteiger partial charge in [0.05, 0.1) is 5.69 Å². The van der Waals surface area contributed by atoms with Gasteiger partial charge in [0, 0.05) is 6.04 Å². The zero-order chi connectivity index (χ0) is 14.0. The highest BCUT2D eigenvalue weighted by atomic mass is 19.1. The van der Waals surface area contributed by atoms with E-state index in [1.54, 1.807) is 12.1 Å². The molecule has 19 heavy (non-hydrogen) atoms. The minimum atomic E-state index is -0.337. The van der Waals surface area contributed by atoms with Crippen molar-refractivity contribution in [3.8, 4) is 11.8 Å². The number of nitrogens with zero attached hydrogens (tertiary/aromatic N) is 3. The van der Waals surface area contributed by atoms with Gasteiger partial charge in [-0.15, -0.1) is 5.10 Å². The van der Waals surface area contributed by atoms with Gasteiger partial charge in [0.25, 0.3) is 0 Å². The van der Waals surface area contributed by atoms with Gasteiger partial charge in [0.2, 0.25) is 0 Å². The quantitative estimate of drug-likeness (QED) is 0.886. The van der Waals surface area contributed by atoms with Crippen molar-refractivity contribution in [2.45, 2.75) is 19.9 Å². The second-order valence-corrected chi connectivity index (χ2v) is 4.41. The van der Waals surface area contributed by atoms with Crippen LogP contribution >= 0.6 is 0 Å². The number of nitrogens with one attached hydrogen (secondary N) is 1. The summed E-state index contributed by atoms with van der Waals surface area (Å²) in [7, 11) is 0. The van der Waals surface area contributed by atoms with E-state index in [1.807, 2.05) is 19.9 Å². The lowest BCUT2D eigenvalue weighted by Crippen LogP contribution is -2.11. The lowest BCUT2D eigenvalue weighted by atomic mass is 10.3. The van der Waals surface area contributed by atoms with Crippen LogP contribution in [0.1, 0.15) is 19.4 Å². The van der Waals surface area contributed by atoms with Crippen LogP contribution in [0, 0.1) is 17.1 Å². The van der Waals surface area contributed by atoms with Crippen LogP contribution in [0.4, 0.5) is 16.0 Å². The average Bonchev–Trinajstić information content (AvgIpc) is 2.66. The molecule has 1 aromatic heterocycles. The largest absolute Gasteiger partial charge is 0.382 e. The lowest BCUT2D eigenvalue weighted by Gasteiger charge is -2.06. The van der Waals surface area contributed by atoms with Gasteiger partial charge in [-0.1, -0.05) is 0 Å². The summed E-state index contributed by atoms with van der Waals surface area (Å²) in [6.07, 6.45) is 0. The molecule has 0 saturated carbocycles. The van der Waals surface area contributed by atoms with Gasteiger partial charge < -0.3 is 11.1 Å². The molecule has 2 aromatic rings. The van der Waals surface area contributed by atoms with Crippen molar-refractivity contribution in [3.05, 3.63) is 35.6 Å². The van der Waals surface area contributed by atoms with Crippen molar-refractivity contribution in [1.82, 2.24) is 9.78 Å². The van der Waals surface area contributed by atoms with Crippen LogP contribution in [0.15, 0.2) is 24.3 Å². The van der Waals surface area contributed by atoms with Crippen molar-refractivity contribution in [2.24, 2.45) is 0 Å². The number of rotatable bonds is 3. The lowest BCUT2D eigenvalue weighted by molar-refractivity contribution is 0.627. The molecule has 98 valence electrons. The topological polar surface area (TPSA) is 79.7 Å². The molecule has 5 nitrogen and oxygen atoms in total. The van der Waals surface area contributed by atoms with Crippen molar-refractivity contribution in [3.63, 3.8) is 0 Å². The molecule has 0 saturated heterocycles. The van der Waals surface area contributed by atoms with E-state index >= 15 is 0 Å². The number of nitrogen functional groups attached to an aromatic ring is 1. The van der Waals surface area contributed by atoms with Crippen LogP contribution in [0.3, 0.4) is 0 Å². The smallest absolute Gasteiger partial charge is 0.168 e. The second kappa shape index (κ2) is 4.98. The summed E-state index contributed by atoms with van der Waals surface area (Å²) in [6, 6.07) is 7.90. The van der Waals surface area contributed by atoms with E-state index in [2.05, 4.69) is 10.4 Å². The summed E-state index contributed by atoms with van der Waals surface area (Å²) < 4.78 is 14.3. The van der Waals surface area contributed by atoms with Crippen LogP contribution in [0.2, 0.25) is 0 Å². The highest BCUT2D eigenvalue weighted by molar-refractivity contribution is 5.66. The molecule has 0 atom stereocenters. The van der Waals surface area contributed by atoms with Crippen molar-refractivity contribution < 1.29 is 4.39 Å². The summed E-state index contributed by atoms with van der Waals surface area (Å²) in [4.78, 5) is 0. The van der Waals surface area contributed by atoms with Crippen molar-refractivity contribution in [1.29, 1.82) is 5.26 Å². The summed E-state index contributed by atoms with van der Waals surface area (Å²) in [5.41, 5.74) is 6.80. The van der Waals surface area contributed by atoms with Crippen LogP contribution in [0.5, 0.6) is 0 Å². The third kappa shape index (κ3) is 2.50. The Morgan fingerprint density at radius 3 is 2.53 bits per heavy atom. The Morgan fingerprint density at radius 2 is 2.00 bits per heavy atom. The SMILES string of the molecule is CC(C)Nc1nn(-c2ccc(F)cc2)c(N)c1C#N. The molecule has 0 aliphatic carbocycles. The molecular formula is C13H14FN5. The van der Waals surface area contributed by atoms with Gasteiger partial charge in [-0.2, -0.15) is 5.26 Å². The normalized spacial score (nSPS) is 10.5. The second-order valence-electron chi connectivity index (χ2n) is 4.41. The first-order valence-electron chi connectivity index (χ1n) is 5.84. The molecular weight excluding hydrogens is 245 g/mol. The van der Waals surface area contributed by atoms with Crippen LogP contribution in [-0.4, -0.2) is 15.8 Å². The van der Waals surface area contributed by atoms with Gasteiger partial charge in [0.1, 0.15) is 23.3 Å². The Hall–Kier alpha value is -2.55. The number of aromatic nitrogens is 2. The predicted octanol–water partition coefficient (Wildman–Crippen LogP) is 2.29. The molecule has 0 amide bonds. The molecule has 3 N–H and O–H groups in total. The predicted molar refractivity (Wildman–Crippen MR) is 71.4 cm³/mol. The highest BCUT2D eigenvalue weighted by Crippen LogP contribution is 2.24. The Labute approximate surface area is 110 Å². The number of halogens is 1. The zero-order valence-electron chi connectivity index (χ0n) is 10.7. The van der Waals surface area contributed by atoms with Crippen LogP contribution in [-0.2, 0) is 0 Å². The fourth-order valence-corrected chi connectivity index (χ4v) is 1.69. The third-order valence-electron chi connectivity index (χ3n) is 2.53. The Balaban J connectivity index is 2.50. The number of hydrogen-bond donors (Lipinski definition) is 2. The molecule has 2 rings (SSSR count). The maximum Gasteiger partial charge on any atom is 0.168 e. The molecule has 0 bridgehead atoms. The Bertz CT molecular complexity index is 622. The number of benzene rings is 1. The fraction of sp³-hybridized carbons (Fsp3) is 0.231. The van der Waals surface area contributed by atoms with E-state index in [4.69, 9.17) is 11.0 Å². The molecule has 0 spiro atoms. The van der Waals surface area contributed by atoms with Gasteiger partial charge in [0.15, 0.2) is 5.82 Å². The summed E-state index contributed by atoms with van der Waals surface area (Å²) in [5.74, 6) is 0.326.